The maximum atomic E-state index is 10.9. The number of nitrogens with zero attached hydrogens (tertiary/aromatic N) is 1. The third-order valence-corrected chi connectivity index (χ3v) is 1.79. The highest BCUT2D eigenvalue weighted by molar-refractivity contribution is 5.76. The minimum Gasteiger partial charge on any atom is -0.350 e. The normalized spacial score (nSPS) is 16.7. The zero-order valence-corrected chi connectivity index (χ0v) is 7.26. The summed E-state index contributed by atoms with van der Waals surface area (Å²) in [5.41, 5.74) is 0. The lowest BCUT2D eigenvalue weighted by atomic mass is 10.1. The maximum absolute atomic E-state index is 10.9. The van der Waals surface area contributed by atoms with Crippen LogP contribution in [-0.4, -0.2) is 43.0 Å². The average molecular weight is 171 g/mol. The van der Waals surface area contributed by atoms with Gasteiger partial charge in [-0.05, 0) is 0 Å². The minimum atomic E-state index is -0.0865. The Morgan fingerprint density at radius 3 is 2.42 bits per heavy atom. The number of urea groups is 1. The monoisotopic (exact) mass is 171 g/mol. The molecule has 0 aromatic rings. The lowest BCUT2D eigenvalue weighted by Gasteiger charge is -2.38. The van der Waals surface area contributed by atoms with Crippen molar-refractivity contribution in [3.63, 3.8) is 0 Å². The van der Waals surface area contributed by atoms with Crippen LogP contribution in [0.5, 0.6) is 0 Å². The summed E-state index contributed by atoms with van der Waals surface area (Å²) in [7, 11) is 1.59. The van der Waals surface area contributed by atoms with Crippen molar-refractivity contribution in [1.29, 1.82) is 0 Å². The number of amides is 3. The Morgan fingerprint density at radius 1 is 1.42 bits per heavy atom. The fraction of sp³-hybridized carbons (Fsp3) is 0.714. The van der Waals surface area contributed by atoms with Gasteiger partial charge in [0.2, 0.25) is 5.91 Å². The Bertz CT molecular complexity index is 199. The molecule has 0 aliphatic carbocycles. The van der Waals surface area contributed by atoms with E-state index in [4.69, 9.17) is 0 Å². The van der Waals surface area contributed by atoms with E-state index in [1.54, 1.807) is 11.9 Å². The molecule has 0 aromatic heterocycles. The molecule has 1 rings (SSSR count). The van der Waals surface area contributed by atoms with Gasteiger partial charge in [0.1, 0.15) is 0 Å². The van der Waals surface area contributed by atoms with Crippen LogP contribution in [0, 0.1) is 0 Å². The molecule has 12 heavy (non-hydrogen) atoms. The summed E-state index contributed by atoms with van der Waals surface area (Å²) >= 11 is 0. The van der Waals surface area contributed by atoms with Gasteiger partial charge in [0.25, 0.3) is 0 Å². The van der Waals surface area contributed by atoms with Crippen LogP contribution in [-0.2, 0) is 4.79 Å². The molecule has 3 amide bonds. The van der Waals surface area contributed by atoms with Gasteiger partial charge < -0.3 is 15.5 Å². The molecule has 68 valence electrons. The van der Waals surface area contributed by atoms with Crippen LogP contribution in [0.2, 0.25) is 0 Å². The molecule has 1 aliphatic heterocycles. The molecule has 0 saturated carbocycles. The Morgan fingerprint density at radius 2 is 2.00 bits per heavy atom. The largest absolute Gasteiger partial charge is 0.350 e. The van der Waals surface area contributed by atoms with Crippen LogP contribution in [0.4, 0.5) is 4.79 Å². The summed E-state index contributed by atoms with van der Waals surface area (Å²) in [4.78, 5) is 23.1. The van der Waals surface area contributed by atoms with Gasteiger partial charge in [-0.3, -0.25) is 4.79 Å². The van der Waals surface area contributed by atoms with Crippen molar-refractivity contribution in [3.05, 3.63) is 0 Å². The third-order valence-electron chi connectivity index (χ3n) is 1.79. The van der Waals surface area contributed by atoms with Gasteiger partial charge in [-0.25, -0.2) is 4.79 Å². The fourth-order valence-electron chi connectivity index (χ4n) is 1.18. The van der Waals surface area contributed by atoms with E-state index in [1.807, 2.05) is 0 Å². The van der Waals surface area contributed by atoms with Gasteiger partial charge >= 0.3 is 6.03 Å². The van der Waals surface area contributed by atoms with Crippen molar-refractivity contribution in [2.45, 2.75) is 13.0 Å². The summed E-state index contributed by atoms with van der Waals surface area (Å²) in [6.45, 7) is 2.70. The first-order valence-electron chi connectivity index (χ1n) is 3.87. The smallest absolute Gasteiger partial charge is 0.317 e. The number of carbonyl (C=O) groups is 2. The molecule has 0 aromatic carbocycles. The van der Waals surface area contributed by atoms with Crippen molar-refractivity contribution >= 4 is 11.9 Å². The summed E-state index contributed by atoms with van der Waals surface area (Å²) in [6.07, 6.45) is 0. The number of carbonyl (C=O) groups excluding carboxylic acids is 2. The number of rotatable bonds is 1. The predicted molar refractivity (Wildman–Crippen MR) is 43.6 cm³/mol. The van der Waals surface area contributed by atoms with Crippen LogP contribution in [0.1, 0.15) is 6.92 Å². The molecule has 1 fully saturated rings. The fourth-order valence-corrected chi connectivity index (χ4v) is 1.18. The summed E-state index contributed by atoms with van der Waals surface area (Å²) in [6, 6.07) is 0.0522. The van der Waals surface area contributed by atoms with Gasteiger partial charge in [0.05, 0.1) is 6.04 Å². The van der Waals surface area contributed by atoms with Crippen LogP contribution in [0.15, 0.2) is 0 Å². The van der Waals surface area contributed by atoms with E-state index in [9.17, 15) is 9.59 Å². The lowest BCUT2D eigenvalue weighted by Crippen LogP contribution is -2.62. The van der Waals surface area contributed by atoms with Crippen molar-refractivity contribution in [2.24, 2.45) is 0 Å². The third kappa shape index (κ3) is 1.87. The second-order valence-corrected chi connectivity index (χ2v) is 2.86. The molecule has 5 nitrogen and oxygen atoms in total. The van der Waals surface area contributed by atoms with Crippen molar-refractivity contribution in [2.75, 3.05) is 20.1 Å². The first-order valence-corrected chi connectivity index (χ1v) is 3.87. The molecule has 0 bridgehead atoms. The second kappa shape index (κ2) is 3.42. The highest BCUT2D eigenvalue weighted by Crippen LogP contribution is 2.06. The Hall–Kier alpha value is -1.26. The van der Waals surface area contributed by atoms with Crippen molar-refractivity contribution < 1.29 is 9.59 Å². The van der Waals surface area contributed by atoms with E-state index in [1.165, 1.54) is 6.92 Å². The van der Waals surface area contributed by atoms with Gasteiger partial charge in [-0.1, -0.05) is 0 Å². The lowest BCUT2D eigenvalue weighted by molar-refractivity contribution is -0.120. The molecule has 0 unspecified atom stereocenters. The standard InChI is InChI=1S/C7H13N3O2/c1-5(11)9-6-3-10(4-6)7(12)8-2/h6H,3-4H2,1-2H3,(H,8,12)(H,9,11). The van der Waals surface area contributed by atoms with Crippen molar-refractivity contribution in [3.8, 4) is 0 Å². The van der Waals surface area contributed by atoms with E-state index in [2.05, 4.69) is 10.6 Å². The van der Waals surface area contributed by atoms with Gasteiger partial charge in [-0.15, -0.1) is 0 Å². The number of hydrogen-bond acceptors (Lipinski definition) is 2. The van der Waals surface area contributed by atoms with Gasteiger partial charge in [-0.2, -0.15) is 0 Å². The second-order valence-electron chi connectivity index (χ2n) is 2.86. The molecule has 0 radical (unpaired) electrons. The first kappa shape index (κ1) is 8.83. The molecular weight excluding hydrogens is 158 g/mol. The molecule has 1 heterocycles. The van der Waals surface area contributed by atoms with E-state index in [0.29, 0.717) is 13.1 Å². The molecule has 0 spiro atoms. The zero-order chi connectivity index (χ0) is 9.14. The van der Waals surface area contributed by atoms with Gasteiger partial charge in [0, 0.05) is 27.1 Å². The predicted octanol–water partition coefficient (Wildman–Crippen LogP) is -0.854. The van der Waals surface area contributed by atoms with E-state index < -0.39 is 0 Å². The molecule has 0 atom stereocenters. The van der Waals surface area contributed by atoms with Crippen LogP contribution in [0.25, 0.3) is 0 Å². The molecule has 2 N–H and O–H groups in total. The van der Waals surface area contributed by atoms with E-state index >= 15 is 0 Å². The van der Waals surface area contributed by atoms with Crippen LogP contribution >= 0.6 is 0 Å². The zero-order valence-electron chi connectivity index (χ0n) is 7.26. The summed E-state index contributed by atoms with van der Waals surface area (Å²) in [5, 5.41) is 5.24. The van der Waals surface area contributed by atoms with Crippen molar-refractivity contribution in [1.82, 2.24) is 15.5 Å². The average Bonchev–Trinajstić information content (AvgIpc) is 1.94. The molecule has 1 saturated heterocycles. The highest BCUT2D eigenvalue weighted by Gasteiger charge is 2.30. The highest BCUT2D eigenvalue weighted by atomic mass is 16.2. The Labute approximate surface area is 71.1 Å². The van der Waals surface area contributed by atoms with Crippen LogP contribution in [0.3, 0.4) is 0 Å². The molecule has 5 heteroatoms. The summed E-state index contributed by atoms with van der Waals surface area (Å²) < 4.78 is 0. The Balaban J connectivity index is 2.20. The number of likely N-dealkylation sites (tertiary alicyclic amines) is 1. The maximum Gasteiger partial charge on any atom is 0.317 e. The first-order chi connectivity index (χ1) is 5.63. The van der Waals surface area contributed by atoms with E-state index in [0.717, 1.165) is 0 Å². The topological polar surface area (TPSA) is 61.4 Å². The minimum absolute atomic E-state index is 0.0449. The van der Waals surface area contributed by atoms with E-state index in [-0.39, 0.29) is 18.0 Å². The number of hydrogen-bond donors (Lipinski definition) is 2. The SMILES string of the molecule is CNC(=O)N1CC(NC(C)=O)C1. The summed E-state index contributed by atoms with van der Waals surface area (Å²) in [5.74, 6) is -0.0449. The number of nitrogens with one attached hydrogen (secondary N) is 2. The van der Waals surface area contributed by atoms with Gasteiger partial charge in [0.15, 0.2) is 0 Å². The molecular formula is C7H13N3O2. The quantitative estimate of drug-likeness (QED) is 0.539. The Kier molecular flexibility index (Phi) is 2.52. The molecule has 1 aliphatic rings. The van der Waals surface area contributed by atoms with Crippen LogP contribution < -0.4 is 10.6 Å².